The van der Waals surface area contributed by atoms with Crippen LogP contribution >= 0.6 is 0 Å². The van der Waals surface area contributed by atoms with Crippen LogP contribution in [0.5, 0.6) is 0 Å². The van der Waals surface area contributed by atoms with E-state index in [1.165, 1.54) is 11.1 Å². The molecule has 0 heterocycles. The highest BCUT2D eigenvalue weighted by Crippen LogP contribution is 2.05. The highest BCUT2D eigenvalue weighted by Gasteiger charge is 2.12. The van der Waals surface area contributed by atoms with Crippen molar-refractivity contribution in [3.8, 4) is 0 Å². The first-order valence-electron chi connectivity index (χ1n) is 6.99. The van der Waals surface area contributed by atoms with Gasteiger partial charge in [0, 0.05) is 32.2 Å². The third kappa shape index (κ3) is 7.26. The van der Waals surface area contributed by atoms with E-state index in [0.29, 0.717) is 19.6 Å². The predicted octanol–water partition coefficient (Wildman–Crippen LogP) is 2.23. The molecule has 0 aromatic heterocycles. The number of hydrogen-bond donors (Lipinski definition) is 2. The van der Waals surface area contributed by atoms with Crippen LogP contribution in [0.1, 0.15) is 38.3 Å². The van der Waals surface area contributed by atoms with Gasteiger partial charge in [0.2, 0.25) is 5.91 Å². The fourth-order valence-corrected chi connectivity index (χ4v) is 1.84. The lowest BCUT2D eigenvalue weighted by atomic mass is 10.1. The number of benzene rings is 1. The number of carbonyl (C=O) groups is 1. The second kappa shape index (κ2) is 8.02. The molecule has 1 rings (SSSR count). The summed E-state index contributed by atoms with van der Waals surface area (Å²) in [7, 11) is 1.69. The Labute approximate surface area is 121 Å². The highest BCUT2D eigenvalue weighted by molar-refractivity contribution is 5.76. The fraction of sp³-hybridized carbons (Fsp3) is 0.562. The Hall–Kier alpha value is -1.39. The first-order valence-corrected chi connectivity index (χ1v) is 6.99. The molecule has 0 saturated carbocycles. The van der Waals surface area contributed by atoms with Crippen LogP contribution in [0.25, 0.3) is 0 Å². The summed E-state index contributed by atoms with van der Waals surface area (Å²) < 4.78 is 5.07. The smallest absolute Gasteiger partial charge is 0.221 e. The molecule has 2 N–H and O–H groups in total. The fourth-order valence-electron chi connectivity index (χ4n) is 1.84. The summed E-state index contributed by atoms with van der Waals surface area (Å²) in [5, 5.41) is 6.22. The molecular weight excluding hydrogens is 252 g/mol. The molecule has 0 saturated heterocycles. The zero-order valence-corrected chi connectivity index (χ0v) is 13.0. The Morgan fingerprint density at radius 3 is 2.30 bits per heavy atom. The summed E-state index contributed by atoms with van der Waals surface area (Å²) in [6.45, 7) is 8.05. The lowest BCUT2D eigenvalue weighted by Crippen LogP contribution is -2.41. The quantitative estimate of drug-likeness (QED) is 0.752. The van der Waals surface area contributed by atoms with Gasteiger partial charge >= 0.3 is 0 Å². The van der Waals surface area contributed by atoms with Gasteiger partial charge in [0.05, 0.1) is 6.61 Å². The van der Waals surface area contributed by atoms with Crippen molar-refractivity contribution in [3.05, 3.63) is 35.4 Å². The van der Waals surface area contributed by atoms with Crippen LogP contribution in [0.2, 0.25) is 0 Å². The first kappa shape index (κ1) is 16.7. The first-order chi connectivity index (χ1) is 9.40. The molecule has 0 aliphatic heterocycles. The third-order valence-electron chi connectivity index (χ3n) is 2.71. The van der Waals surface area contributed by atoms with Crippen LogP contribution < -0.4 is 10.6 Å². The molecule has 0 bridgehead atoms. The highest BCUT2D eigenvalue weighted by atomic mass is 16.5. The zero-order valence-electron chi connectivity index (χ0n) is 13.0. The normalized spacial score (nSPS) is 11.4. The van der Waals surface area contributed by atoms with E-state index in [2.05, 4.69) is 34.9 Å². The van der Waals surface area contributed by atoms with Gasteiger partial charge in [0.1, 0.15) is 0 Å². The lowest BCUT2D eigenvalue weighted by Gasteiger charge is -2.20. The minimum Gasteiger partial charge on any atom is -0.380 e. The number of rotatable bonds is 7. The van der Waals surface area contributed by atoms with Crippen LogP contribution in [-0.4, -0.2) is 25.1 Å². The maximum absolute atomic E-state index is 11.6. The molecule has 20 heavy (non-hydrogen) atoms. The van der Waals surface area contributed by atoms with Gasteiger partial charge in [-0.1, -0.05) is 24.3 Å². The van der Waals surface area contributed by atoms with Crippen LogP contribution in [0.4, 0.5) is 0 Å². The van der Waals surface area contributed by atoms with E-state index in [1.54, 1.807) is 7.11 Å². The van der Waals surface area contributed by atoms with E-state index < -0.39 is 0 Å². The summed E-state index contributed by atoms with van der Waals surface area (Å²) in [6.07, 6.45) is 0.499. The van der Waals surface area contributed by atoms with Gasteiger partial charge in [0.15, 0.2) is 0 Å². The van der Waals surface area contributed by atoms with E-state index in [-0.39, 0.29) is 11.4 Å². The van der Waals surface area contributed by atoms with E-state index >= 15 is 0 Å². The molecule has 0 spiro atoms. The van der Waals surface area contributed by atoms with Gasteiger partial charge in [-0.15, -0.1) is 0 Å². The van der Waals surface area contributed by atoms with Crippen LogP contribution in [-0.2, 0) is 22.7 Å². The average Bonchev–Trinajstić information content (AvgIpc) is 2.35. The summed E-state index contributed by atoms with van der Waals surface area (Å²) in [5.74, 6) is 0.0837. The number of ether oxygens (including phenoxy) is 1. The van der Waals surface area contributed by atoms with Crippen molar-refractivity contribution < 1.29 is 9.53 Å². The number of amides is 1. The van der Waals surface area contributed by atoms with Crippen molar-refractivity contribution >= 4 is 5.91 Å². The summed E-state index contributed by atoms with van der Waals surface area (Å²) in [5.41, 5.74) is 2.22. The molecule has 0 aliphatic carbocycles. The number of methoxy groups -OCH3 is 1. The molecule has 1 aromatic rings. The summed E-state index contributed by atoms with van der Waals surface area (Å²) in [4.78, 5) is 11.6. The summed E-state index contributed by atoms with van der Waals surface area (Å²) in [6, 6.07) is 8.28. The Morgan fingerprint density at radius 2 is 1.75 bits per heavy atom. The second-order valence-corrected chi connectivity index (χ2v) is 5.97. The van der Waals surface area contributed by atoms with Crippen LogP contribution in [0.3, 0.4) is 0 Å². The van der Waals surface area contributed by atoms with Gasteiger partial charge in [-0.2, -0.15) is 0 Å². The van der Waals surface area contributed by atoms with E-state index in [1.807, 2.05) is 20.8 Å². The SMILES string of the molecule is COCc1ccc(CNCCC(=O)NC(C)(C)C)cc1. The zero-order chi connectivity index (χ0) is 15.0. The van der Waals surface area contributed by atoms with Crippen molar-refractivity contribution in [1.82, 2.24) is 10.6 Å². The maximum Gasteiger partial charge on any atom is 0.221 e. The van der Waals surface area contributed by atoms with E-state index in [0.717, 1.165) is 6.54 Å². The molecule has 4 nitrogen and oxygen atoms in total. The average molecular weight is 278 g/mol. The van der Waals surface area contributed by atoms with E-state index in [9.17, 15) is 4.79 Å². The Morgan fingerprint density at radius 1 is 1.15 bits per heavy atom. The van der Waals surface area contributed by atoms with Crippen molar-refractivity contribution in [1.29, 1.82) is 0 Å². The van der Waals surface area contributed by atoms with Gasteiger partial charge in [-0.3, -0.25) is 4.79 Å². The minimum absolute atomic E-state index is 0.0837. The topological polar surface area (TPSA) is 50.4 Å². The molecule has 4 heteroatoms. The van der Waals surface area contributed by atoms with Crippen molar-refractivity contribution in [2.75, 3.05) is 13.7 Å². The van der Waals surface area contributed by atoms with Crippen LogP contribution in [0, 0.1) is 0 Å². The Bertz CT molecular complexity index is 407. The van der Waals surface area contributed by atoms with Crippen molar-refractivity contribution in [2.24, 2.45) is 0 Å². The predicted molar refractivity (Wildman–Crippen MR) is 81.4 cm³/mol. The molecule has 1 aromatic carbocycles. The molecule has 0 unspecified atom stereocenters. The van der Waals surface area contributed by atoms with Gasteiger partial charge in [0.25, 0.3) is 0 Å². The number of nitrogens with one attached hydrogen (secondary N) is 2. The summed E-state index contributed by atoms with van der Waals surface area (Å²) >= 11 is 0. The number of carbonyl (C=O) groups excluding carboxylic acids is 1. The molecule has 0 atom stereocenters. The molecular formula is C16H26N2O2. The van der Waals surface area contributed by atoms with Crippen molar-refractivity contribution in [2.45, 2.75) is 45.9 Å². The van der Waals surface area contributed by atoms with Gasteiger partial charge in [-0.05, 0) is 31.9 Å². The largest absolute Gasteiger partial charge is 0.380 e. The molecule has 0 radical (unpaired) electrons. The van der Waals surface area contributed by atoms with E-state index in [4.69, 9.17) is 4.74 Å². The van der Waals surface area contributed by atoms with Gasteiger partial charge < -0.3 is 15.4 Å². The molecule has 112 valence electrons. The Kier molecular flexibility index (Phi) is 6.68. The minimum atomic E-state index is -0.158. The maximum atomic E-state index is 11.6. The molecule has 0 aliphatic rings. The molecule has 0 fully saturated rings. The van der Waals surface area contributed by atoms with Crippen molar-refractivity contribution in [3.63, 3.8) is 0 Å². The number of hydrogen-bond acceptors (Lipinski definition) is 3. The lowest BCUT2D eigenvalue weighted by molar-refractivity contribution is -0.122. The van der Waals surface area contributed by atoms with Crippen LogP contribution in [0.15, 0.2) is 24.3 Å². The standard InChI is InChI=1S/C16H26N2O2/c1-16(2,3)18-15(19)9-10-17-11-13-5-7-14(8-6-13)12-20-4/h5-8,17H,9-12H2,1-4H3,(H,18,19). The van der Waals surface area contributed by atoms with Gasteiger partial charge in [-0.25, -0.2) is 0 Å². The monoisotopic (exact) mass is 278 g/mol. The molecule has 1 amide bonds. The second-order valence-electron chi connectivity index (χ2n) is 5.97. The third-order valence-corrected chi connectivity index (χ3v) is 2.71. The Balaban J connectivity index is 2.22.